The third-order valence-corrected chi connectivity index (χ3v) is 3.21. The van der Waals surface area contributed by atoms with Gasteiger partial charge in [-0.05, 0) is 12.8 Å². The summed E-state index contributed by atoms with van der Waals surface area (Å²) in [7, 11) is 0. The Morgan fingerprint density at radius 3 is 2.58 bits per heavy atom. The first kappa shape index (κ1) is 13.6. The third kappa shape index (κ3) is 2.79. The van der Waals surface area contributed by atoms with Gasteiger partial charge in [0.25, 0.3) is 5.91 Å². The molecule has 2 aliphatic rings. The van der Waals surface area contributed by atoms with Crippen LogP contribution in [0.1, 0.15) is 19.3 Å². The maximum Gasteiger partial charge on any atom is 0.397 e. The minimum atomic E-state index is -4.58. The number of alkyl halides is 3. The summed E-state index contributed by atoms with van der Waals surface area (Å²) in [6.45, 7) is -0.0701. The molecule has 1 spiro atoms. The second-order valence-corrected chi connectivity index (χ2v) is 4.70. The monoisotopic (exact) mass is 279 g/mol. The zero-order valence-corrected chi connectivity index (χ0v) is 9.84. The molecular weight excluding hydrogens is 267 g/mol. The number of carbonyl (C=O) groups excluding carboxylic acids is 3. The summed E-state index contributed by atoms with van der Waals surface area (Å²) in [5, 5.41) is 4.43. The van der Waals surface area contributed by atoms with E-state index in [-0.39, 0.29) is 13.1 Å². The largest absolute Gasteiger partial charge is 0.397 e. The van der Waals surface area contributed by atoms with E-state index in [4.69, 9.17) is 0 Å². The van der Waals surface area contributed by atoms with E-state index in [1.54, 1.807) is 0 Å². The lowest BCUT2D eigenvalue weighted by Gasteiger charge is -2.38. The van der Waals surface area contributed by atoms with E-state index in [1.165, 1.54) is 0 Å². The molecule has 4 amide bonds. The van der Waals surface area contributed by atoms with Crippen LogP contribution in [0.2, 0.25) is 0 Å². The van der Waals surface area contributed by atoms with E-state index >= 15 is 0 Å². The van der Waals surface area contributed by atoms with Crippen molar-refractivity contribution in [1.29, 1.82) is 0 Å². The highest BCUT2D eigenvalue weighted by atomic mass is 19.4. The van der Waals surface area contributed by atoms with Crippen molar-refractivity contribution in [2.24, 2.45) is 0 Å². The minimum absolute atomic E-state index is 0.153. The molecule has 2 aliphatic heterocycles. The second kappa shape index (κ2) is 4.39. The number of hydrogen-bond donors (Lipinski definition) is 2. The molecule has 2 fully saturated rings. The number of piperidine rings is 1. The number of nitrogens with one attached hydrogen (secondary N) is 2. The number of imide groups is 1. The van der Waals surface area contributed by atoms with Crippen LogP contribution >= 0.6 is 0 Å². The highest BCUT2D eigenvalue weighted by Crippen LogP contribution is 2.27. The second-order valence-electron chi connectivity index (χ2n) is 4.70. The number of halogens is 3. The Kier molecular flexibility index (Phi) is 3.15. The summed E-state index contributed by atoms with van der Waals surface area (Å²) < 4.78 is 36.5. The summed E-state index contributed by atoms with van der Waals surface area (Å²) in [6.07, 6.45) is -5.47. The van der Waals surface area contributed by atoms with E-state index in [9.17, 15) is 27.6 Å². The number of urea groups is 1. The van der Waals surface area contributed by atoms with Crippen molar-refractivity contribution in [3.63, 3.8) is 0 Å². The summed E-state index contributed by atoms with van der Waals surface area (Å²) >= 11 is 0. The molecule has 1 unspecified atom stereocenters. The number of hydrogen-bond acceptors (Lipinski definition) is 3. The summed E-state index contributed by atoms with van der Waals surface area (Å²) in [6, 6.07) is -0.685. The van der Waals surface area contributed by atoms with Gasteiger partial charge in [-0.25, -0.2) is 4.79 Å². The Balaban J connectivity index is 2.07. The number of likely N-dealkylation sites (tertiary alicyclic amines) is 1. The smallest absolute Gasteiger partial charge is 0.340 e. The quantitative estimate of drug-likeness (QED) is 0.670. The van der Waals surface area contributed by atoms with E-state index < -0.39 is 36.0 Å². The van der Waals surface area contributed by atoms with Crippen LogP contribution in [0.15, 0.2) is 0 Å². The minimum Gasteiger partial charge on any atom is -0.340 e. The van der Waals surface area contributed by atoms with Crippen LogP contribution < -0.4 is 10.6 Å². The normalized spacial score (nSPS) is 27.4. The first-order valence-corrected chi connectivity index (χ1v) is 5.70. The molecule has 0 aliphatic carbocycles. The van der Waals surface area contributed by atoms with E-state index in [2.05, 4.69) is 5.32 Å². The average molecular weight is 279 g/mol. The topological polar surface area (TPSA) is 78.5 Å². The fraction of sp³-hybridized carbons (Fsp3) is 0.700. The highest BCUT2D eigenvalue weighted by molar-refractivity contribution is 6.07. The molecule has 0 radical (unpaired) electrons. The van der Waals surface area contributed by atoms with Gasteiger partial charge in [0, 0.05) is 6.54 Å². The lowest BCUT2D eigenvalue weighted by molar-refractivity contribution is -0.163. The van der Waals surface area contributed by atoms with Crippen LogP contribution in [-0.2, 0) is 9.59 Å². The maximum atomic E-state index is 12.2. The third-order valence-electron chi connectivity index (χ3n) is 3.21. The molecule has 106 valence electrons. The predicted octanol–water partition coefficient (Wildman–Crippen LogP) is 0.139. The molecule has 0 bridgehead atoms. The molecule has 6 nitrogen and oxygen atoms in total. The molecule has 2 heterocycles. The Morgan fingerprint density at radius 2 is 2.05 bits per heavy atom. The fourth-order valence-electron chi connectivity index (χ4n) is 2.37. The molecule has 0 aromatic heterocycles. The highest BCUT2D eigenvalue weighted by Gasteiger charge is 2.50. The van der Waals surface area contributed by atoms with Gasteiger partial charge in [0.2, 0.25) is 5.91 Å². The molecule has 2 N–H and O–H groups in total. The lowest BCUT2D eigenvalue weighted by Crippen LogP contribution is -2.59. The van der Waals surface area contributed by atoms with Gasteiger partial charge in [0.15, 0.2) is 0 Å². The summed E-state index contributed by atoms with van der Waals surface area (Å²) in [4.78, 5) is 35.2. The van der Waals surface area contributed by atoms with Crippen molar-refractivity contribution >= 4 is 17.8 Å². The van der Waals surface area contributed by atoms with Gasteiger partial charge in [-0.2, -0.15) is 13.2 Å². The van der Waals surface area contributed by atoms with Gasteiger partial charge < -0.3 is 10.2 Å². The van der Waals surface area contributed by atoms with Crippen LogP contribution in [-0.4, -0.2) is 47.6 Å². The standard InChI is InChI=1S/C10H12F3N3O3/c11-10(12,13)4-6(17)16-3-1-2-9(5-16)7(18)14-8(19)15-9/h1-5H2,(H2,14,15,18,19). The van der Waals surface area contributed by atoms with Gasteiger partial charge in [-0.3, -0.25) is 14.9 Å². The predicted molar refractivity (Wildman–Crippen MR) is 55.9 cm³/mol. The molecule has 2 rings (SSSR count). The molecule has 1 atom stereocenters. The van der Waals surface area contributed by atoms with Crippen molar-refractivity contribution in [2.75, 3.05) is 13.1 Å². The first-order chi connectivity index (χ1) is 8.72. The van der Waals surface area contributed by atoms with Gasteiger partial charge in [0.05, 0.1) is 6.54 Å². The Bertz CT molecular complexity index is 437. The van der Waals surface area contributed by atoms with Crippen LogP contribution in [0.3, 0.4) is 0 Å². The number of amides is 4. The van der Waals surface area contributed by atoms with Crippen molar-refractivity contribution in [3.05, 3.63) is 0 Å². The maximum absolute atomic E-state index is 12.2. The molecule has 9 heteroatoms. The fourth-order valence-corrected chi connectivity index (χ4v) is 2.37. The van der Waals surface area contributed by atoms with Crippen LogP contribution in [0, 0.1) is 0 Å². The summed E-state index contributed by atoms with van der Waals surface area (Å²) in [5.74, 6) is -1.68. The van der Waals surface area contributed by atoms with Gasteiger partial charge in [0.1, 0.15) is 12.0 Å². The van der Waals surface area contributed by atoms with Crippen molar-refractivity contribution in [3.8, 4) is 0 Å². The molecule has 0 saturated carbocycles. The van der Waals surface area contributed by atoms with Crippen molar-refractivity contribution in [2.45, 2.75) is 31.0 Å². The van der Waals surface area contributed by atoms with Crippen molar-refractivity contribution in [1.82, 2.24) is 15.5 Å². The van der Waals surface area contributed by atoms with Crippen LogP contribution in [0.5, 0.6) is 0 Å². The molecule has 0 aromatic carbocycles. The van der Waals surface area contributed by atoms with Gasteiger partial charge in [-0.15, -0.1) is 0 Å². The van der Waals surface area contributed by atoms with E-state index in [0.717, 1.165) is 4.90 Å². The van der Waals surface area contributed by atoms with Crippen LogP contribution in [0.25, 0.3) is 0 Å². The Labute approximate surface area is 106 Å². The van der Waals surface area contributed by atoms with E-state index in [0.29, 0.717) is 12.8 Å². The summed E-state index contributed by atoms with van der Waals surface area (Å²) in [5.41, 5.74) is -1.28. The van der Waals surface area contributed by atoms with Gasteiger partial charge in [-0.1, -0.05) is 0 Å². The molecule has 19 heavy (non-hydrogen) atoms. The van der Waals surface area contributed by atoms with Crippen molar-refractivity contribution < 1.29 is 27.6 Å². The van der Waals surface area contributed by atoms with Gasteiger partial charge >= 0.3 is 12.2 Å². The molecule has 2 saturated heterocycles. The number of nitrogens with zero attached hydrogens (tertiary/aromatic N) is 1. The zero-order chi connectivity index (χ0) is 14.3. The Hall–Kier alpha value is -1.80. The Morgan fingerprint density at radius 1 is 1.37 bits per heavy atom. The first-order valence-electron chi connectivity index (χ1n) is 5.70. The number of carbonyl (C=O) groups is 3. The van der Waals surface area contributed by atoms with E-state index in [1.807, 2.05) is 5.32 Å². The lowest BCUT2D eigenvalue weighted by atomic mass is 9.89. The van der Waals surface area contributed by atoms with Crippen LogP contribution in [0.4, 0.5) is 18.0 Å². The average Bonchev–Trinajstić information content (AvgIpc) is 2.51. The zero-order valence-electron chi connectivity index (χ0n) is 9.84. The molecule has 0 aromatic rings. The number of rotatable bonds is 1. The molecular formula is C10H12F3N3O3. The SMILES string of the molecule is O=C1NC(=O)C2(CCCN(C(=O)CC(F)(F)F)C2)N1.